The molecule has 5 rings (SSSR count). The second-order valence-corrected chi connectivity index (χ2v) is 12.7. The Morgan fingerprint density at radius 2 is 1.60 bits per heavy atom. The Morgan fingerprint density at radius 1 is 0.911 bits per heavy atom. The Morgan fingerprint density at radius 3 is 2.24 bits per heavy atom. The van der Waals surface area contributed by atoms with Crippen LogP contribution in [-0.4, -0.2) is 55.4 Å². The fourth-order valence-corrected chi connectivity index (χ4v) is 6.56. The van der Waals surface area contributed by atoms with E-state index in [9.17, 15) is 8.42 Å². The second-order valence-electron chi connectivity index (χ2n) is 11.1. The molecule has 45 heavy (non-hydrogen) atoms. The summed E-state index contributed by atoms with van der Waals surface area (Å²) in [5.74, 6) is 6.27. The normalized spacial score (nSPS) is 16.7. The molecule has 0 bridgehead atoms. The summed E-state index contributed by atoms with van der Waals surface area (Å²) in [6.45, 7) is 5.09. The average molecular weight is 637 g/mol. The van der Waals surface area contributed by atoms with Crippen molar-refractivity contribution in [3.63, 3.8) is 0 Å². The smallest absolute Gasteiger partial charge is 0.339 e. The van der Waals surface area contributed by atoms with Crippen molar-refractivity contribution in [2.45, 2.75) is 68.7 Å². The molecule has 1 aliphatic heterocycles. The molecule has 0 saturated carbocycles. The van der Waals surface area contributed by atoms with Crippen molar-refractivity contribution in [1.29, 1.82) is 0 Å². The van der Waals surface area contributed by atoms with Gasteiger partial charge in [0.2, 0.25) is 0 Å². The van der Waals surface area contributed by atoms with Crippen LogP contribution >= 0.6 is 0 Å². The second kappa shape index (κ2) is 14.3. The van der Waals surface area contributed by atoms with Crippen molar-refractivity contribution in [2.24, 2.45) is 0 Å². The van der Waals surface area contributed by atoms with E-state index in [1.54, 1.807) is 45.6 Å². The lowest BCUT2D eigenvalue weighted by Gasteiger charge is -2.24. The fraction of sp³-hybridized carbons (Fsp3) is 0.429. The number of fused-ring (bicyclic) bond motifs is 2. The molecule has 3 aromatic rings. The van der Waals surface area contributed by atoms with E-state index in [0.29, 0.717) is 44.6 Å². The van der Waals surface area contributed by atoms with Gasteiger partial charge in [0.1, 0.15) is 16.7 Å². The Bertz CT molecular complexity index is 1610. The molecular weight excluding hydrogens is 596 g/mol. The van der Waals surface area contributed by atoms with Gasteiger partial charge in [0, 0.05) is 49.7 Å². The molecule has 1 heterocycles. The van der Waals surface area contributed by atoms with Crippen LogP contribution in [0.5, 0.6) is 11.5 Å². The van der Waals surface area contributed by atoms with Crippen LogP contribution < -0.4 is 8.92 Å². The highest BCUT2D eigenvalue weighted by Crippen LogP contribution is 2.49. The third-order valence-electron chi connectivity index (χ3n) is 8.13. The summed E-state index contributed by atoms with van der Waals surface area (Å²) in [5.41, 5.74) is 4.11. The number of methoxy groups -OCH3 is 3. The van der Waals surface area contributed by atoms with Gasteiger partial charge >= 0.3 is 10.1 Å². The number of aryl methyl sites for hydroxylation is 1. The van der Waals surface area contributed by atoms with Crippen molar-refractivity contribution in [1.82, 2.24) is 0 Å². The third-order valence-corrected chi connectivity index (χ3v) is 9.37. The first-order valence-electron chi connectivity index (χ1n) is 14.9. The minimum atomic E-state index is -4.14. The maximum Gasteiger partial charge on any atom is 0.339 e. The quantitative estimate of drug-likeness (QED) is 0.143. The molecule has 1 fully saturated rings. The fourth-order valence-electron chi connectivity index (χ4n) is 5.58. The van der Waals surface area contributed by atoms with E-state index in [1.165, 1.54) is 0 Å². The van der Waals surface area contributed by atoms with Crippen LogP contribution in [0.3, 0.4) is 0 Å². The van der Waals surface area contributed by atoms with E-state index < -0.39 is 34.2 Å². The van der Waals surface area contributed by atoms with Crippen molar-refractivity contribution < 1.29 is 41.0 Å². The van der Waals surface area contributed by atoms with E-state index >= 15 is 0 Å². The maximum absolute atomic E-state index is 13.5. The molecule has 3 aromatic carbocycles. The summed E-state index contributed by atoms with van der Waals surface area (Å²) in [7, 11) is 0.620. The molecule has 1 aliphatic carbocycles. The van der Waals surface area contributed by atoms with Crippen LogP contribution in [0, 0.1) is 18.8 Å². The summed E-state index contributed by atoms with van der Waals surface area (Å²) < 4.78 is 67.4. The van der Waals surface area contributed by atoms with Crippen molar-refractivity contribution in [3.8, 4) is 23.3 Å². The van der Waals surface area contributed by atoms with Gasteiger partial charge in [0.25, 0.3) is 0 Å². The van der Waals surface area contributed by atoms with Gasteiger partial charge in [-0.05, 0) is 50.1 Å². The molecule has 0 N–H and O–H groups in total. The van der Waals surface area contributed by atoms with Crippen LogP contribution in [0.4, 0.5) is 0 Å². The van der Waals surface area contributed by atoms with Crippen molar-refractivity contribution in [3.05, 3.63) is 88.5 Å². The topological polar surface area (TPSA) is 98.8 Å². The molecule has 1 saturated heterocycles. The highest BCUT2D eigenvalue weighted by Gasteiger charge is 2.46. The van der Waals surface area contributed by atoms with E-state index in [0.717, 1.165) is 28.0 Å². The Kier molecular flexibility index (Phi) is 10.5. The minimum Gasteiger partial charge on any atom is -0.497 e. The van der Waals surface area contributed by atoms with Gasteiger partial charge in [-0.3, -0.25) is 0 Å². The lowest BCUT2D eigenvalue weighted by Crippen LogP contribution is -2.23. The summed E-state index contributed by atoms with van der Waals surface area (Å²) in [6.07, 6.45) is 0.437. The predicted octanol–water partition coefficient (Wildman–Crippen LogP) is 5.62. The number of ether oxygens (including phenoxy) is 6. The summed E-state index contributed by atoms with van der Waals surface area (Å²) in [5, 5.41) is 0. The molecule has 1 spiro atoms. The van der Waals surface area contributed by atoms with Crippen LogP contribution in [0.15, 0.2) is 65.6 Å². The molecular formula is C35H40O9S. The largest absolute Gasteiger partial charge is 0.497 e. The van der Waals surface area contributed by atoms with Gasteiger partial charge in [0.05, 0.1) is 26.9 Å². The van der Waals surface area contributed by atoms with E-state index in [1.807, 2.05) is 50.2 Å². The first-order valence-corrected chi connectivity index (χ1v) is 16.4. The number of hydrogen-bond acceptors (Lipinski definition) is 9. The monoisotopic (exact) mass is 636 g/mol. The van der Waals surface area contributed by atoms with Crippen LogP contribution in [0.2, 0.25) is 0 Å². The number of rotatable bonds is 12. The molecule has 2 atom stereocenters. The molecule has 10 heteroatoms. The molecule has 9 nitrogen and oxygen atoms in total. The molecule has 2 aliphatic rings. The standard InChI is InChI=1S/C35H40O9S/c1-24-6-14-29(15-7-24)45(36,37)44-34-30(16-17-32-31(34)18-19-35(32)42-20-21-43-35)25(2)8-11-28(22-33(39-4)40-5)41-23-26-9-12-27(38-3)13-10-26/h6-7,9-10,12-17,25,28,33H,18-23H2,1-5H3. The van der Waals surface area contributed by atoms with Gasteiger partial charge in [-0.15, -0.1) is 0 Å². The van der Waals surface area contributed by atoms with Gasteiger partial charge in [0.15, 0.2) is 17.8 Å². The molecule has 0 amide bonds. The van der Waals surface area contributed by atoms with E-state index in [-0.39, 0.29) is 10.6 Å². The SMILES string of the molecule is COc1ccc(COC(C#CC(C)c2ccc3c(c2OS(=O)(=O)c2ccc(C)cc2)CCC32OCCO2)CC(OC)OC)cc1. The highest BCUT2D eigenvalue weighted by molar-refractivity contribution is 7.87. The van der Waals surface area contributed by atoms with Crippen LogP contribution in [-0.2, 0) is 52.6 Å². The first kappa shape index (κ1) is 32.9. The molecule has 0 aromatic heterocycles. The first-order chi connectivity index (χ1) is 21.7. The van der Waals surface area contributed by atoms with Gasteiger partial charge in [-0.1, -0.05) is 53.8 Å². The zero-order chi connectivity index (χ0) is 32.0. The lowest BCUT2D eigenvalue weighted by atomic mass is 9.94. The Hall–Kier alpha value is -3.43. The zero-order valence-corrected chi connectivity index (χ0v) is 27.1. The summed E-state index contributed by atoms with van der Waals surface area (Å²) in [6, 6.07) is 18.0. The Labute approximate surface area is 265 Å². The summed E-state index contributed by atoms with van der Waals surface area (Å²) in [4.78, 5) is 0.0774. The molecule has 0 radical (unpaired) electrons. The van der Waals surface area contributed by atoms with Crippen molar-refractivity contribution >= 4 is 10.1 Å². The lowest BCUT2D eigenvalue weighted by molar-refractivity contribution is -0.163. The van der Waals surface area contributed by atoms with Gasteiger partial charge in [-0.2, -0.15) is 8.42 Å². The van der Waals surface area contributed by atoms with Crippen molar-refractivity contribution in [2.75, 3.05) is 34.5 Å². The van der Waals surface area contributed by atoms with E-state index in [2.05, 4.69) is 11.8 Å². The highest BCUT2D eigenvalue weighted by atomic mass is 32.2. The van der Waals surface area contributed by atoms with E-state index in [4.69, 9.17) is 32.6 Å². The van der Waals surface area contributed by atoms with Crippen LogP contribution in [0.1, 0.15) is 53.5 Å². The number of hydrogen-bond donors (Lipinski definition) is 0. The number of benzene rings is 3. The average Bonchev–Trinajstić information content (AvgIpc) is 3.68. The molecule has 2 unspecified atom stereocenters. The minimum absolute atomic E-state index is 0.0774. The van der Waals surface area contributed by atoms with Gasteiger partial charge < -0.3 is 32.6 Å². The maximum atomic E-state index is 13.5. The van der Waals surface area contributed by atoms with Gasteiger partial charge in [-0.25, -0.2) is 0 Å². The third kappa shape index (κ3) is 7.52. The van der Waals surface area contributed by atoms with Crippen LogP contribution in [0.25, 0.3) is 0 Å². The predicted molar refractivity (Wildman–Crippen MR) is 168 cm³/mol. The zero-order valence-electron chi connectivity index (χ0n) is 26.3. The summed E-state index contributed by atoms with van der Waals surface area (Å²) >= 11 is 0. The molecule has 240 valence electrons. The Balaban J connectivity index is 1.46.